The summed E-state index contributed by atoms with van der Waals surface area (Å²) in [4.78, 5) is 12.3. The van der Waals surface area contributed by atoms with Crippen molar-refractivity contribution in [1.82, 2.24) is 25.4 Å². The number of amides is 1. The number of nitrogens with zero attached hydrogens (tertiary/aromatic N) is 4. The maximum Gasteiger partial charge on any atom is 0.289 e. The number of benzene rings is 2. The van der Waals surface area contributed by atoms with E-state index in [9.17, 15) is 4.79 Å². The second kappa shape index (κ2) is 8.12. The quantitative estimate of drug-likeness (QED) is 0.389. The summed E-state index contributed by atoms with van der Waals surface area (Å²) >= 11 is 6.45. The molecule has 4 aromatic rings. The summed E-state index contributed by atoms with van der Waals surface area (Å²) in [5.41, 5.74) is 6.56. The van der Waals surface area contributed by atoms with E-state index in [0.717, 1.165) is 11.3 Å². The first-order valence-electron chi connectivity index (χ1n) is 8.88. The smallest absolute Gasteiger partial charge is 0.272 e. The molecule has 0 spiro atoms. The molecule has 0 saturated heterocycles. The average molecular weight is 405 g/mol. The molecule has 0 unspecified atom stereocenters. The van der Waals surface area contributed by atoms with Gasteiger partial charge in [0.25, 0.3) is 5.91 Å². The highest BCUT2D eigenvalue weighted by atomic mass is 35.5. The number of carbonyl (C=O) groups excluding carboxylic acids is 1. The van der Waals surface area contributed by atoms with Crippen LogP contribution in [0.1, 0.15) is 21.7 Å². The fraction of sp³-hybridized carbons (Fsp3) is 0.0476. The Bertz CT molecular complexity index is 1160. The van der Waals surface area contributed by atoms with Crippen LogP contribution < -0.4 is 5.43 Å². The Hall–Kier alpha value is -3.71. The Balaban J connectivity index is 1.48. The number of hydrogen-bond donors (Lipinski definition) is 2. The van der Waals surface area contributed by atoms with Crippen LogP contribution in [-0.2, 0) is 0 Å². The number of aromatic amines is 1. The molecule has 29 heavy (non-hydrogen) atoms. The van der Waals surface area contributed by atoms with Gasteiger partial charge in [-0.05, 0) is 25.1 Å². The van der Waals surface area contributed by atoms with Crippen molar-refractivity contribution < 1.29 is 4.79 Å². The molecule has 0 aliphatic carbocycles. The van der Waals surface area contributed by atoms with Crippen LogP contribution in [0, 0.1) is 6.92 Å². The standard InChI is InChI=1S/C21H17ClN6O/c1-14-17(20(22)28(27-14)16-10-6-3-7-11-16)13-23-26-21(29)19-12-18(24-25-19)15-8-4-2-5-9-15/h2-13H,1H3,(H,24,25)(H,26,29)/b23-13+. The number of aryl methyl sites for hydroxylation is 1. The van der Waals surface area contributed by atoms with Crippen molar-refractivity contribution in [1.29, 1.82) is 0 Å². The molecule has 2 N–H and O–H groups in total. The third kappa shape index (κ3) is 3.95. The van der Waals surface area contributed by atoms with Gasteiger partial charge in [-0.25, -0.2) is 10.1 Å². The molecule has 0 bridgehead atoms. The van der Waals surface area contributed by atoms with Crippen LogP contribution in [0.25, 0.3) is 16.9 Å². The minimum atomic E-state index is -0.403. The Morgan fingerprint density at radius 3 is 2.55 bits per heavy atom. The minimum absolute atomic E-state index is 0.309. The van der Waals surface area contributed by atoms with Crippen LogP contribution >= 0.6 is 11.6 Å². The second-order valence-corrected chi connectivity index (χ2v) is 6.63. The van der Waals surface area contributed by atoms with Crippen molar-refractivity contribution in [3.63, 3.8) is 0 Å². The molecule has 7 nitrogen and oxygen atoms in total. The lowest BCUT2D eigenvalue weighted by atomic mass is 10.1. The molecule has 4 rings (SSSR count). The first-order valence-corrected chi connectivity index (χ1v) is 9.26. The van der Waals surface area contributed by atoms with Crippen LogP contribution in [0.4, 0.5) is 0 Å². The predicted octanol–water partition coefficient (Wildman–Crippen LogP) is 3.99. The first-order chi connectivity index (χ1) is 14.1. The van der Waals surface area contributed by atoms with Gasteiger partial charge in [0.15, 0.2) is 0 Å². The van der Waals surface area contributed by atoms with E-state index in [2.05, 4.69) is 25.8 Å². The molecule has 2 aromatic heterocycles. The van der Waals surface area contributed by atoms with Crippen LogP contribution in [0.2, 0.25) is 5.15 Å². The van der Waals surface area contributed by atoms with Crippen LogP contribution in [0.3, 0.4) is 0 Å². The van der Waals surface area contributed by atoms with Gasteiger partial charge in [0.1, 0.15) is 10.8 Å². The molecular weight excluding hydrogens is 388 g/mol. The molecule has 8 heteroatoms. The minimum Gasteiger partial charge on any atom is -0.272 e. The van der Waals surface area contributed by atoms with E-state index in [1.807, 2.05) is 67.6 Å². The molecule has 1 amide bonds. The monoisotopic (exact) mass is 404 g/mol. The maximum atomic E-state index is 12.3. The zero-order valence-electron chi connectivity index (χ0n) is 15.5. The highest BCUT2D eigenvalue weighted by Crippen LogP contribution is 2.22. The van der Waals surface area contributed by atoms with Crippen molar-refractivity contribution in [2.24, 2.45) is 5.10 Å². The van der Waals surface area contributed by atoms with Crippen molar-refractivity contribution in [2.75, 3.05) is 0 Å². The van der Waals surface area contributed by atoms with Gasteiger partial charge in [-0.3, -0.25) is 9.89 Å². The number of carbonyl (C=O) groups is 1. The lowest BCUT2D eigenvalue weighted by Crippen LogP contribution is -2.18. The predicted molar refractivity (Wildman–Crippen MR) is 112 cm³/mol. The highest BCUT2D eigenvalue weighted by molar-refractivity contribution is 6.32. The third-order valence-corrected chi connectivity index (χ3v) is 4.66. The number of halogens is 1. The maximum absolute atomic E-state index is 12.3. The Morgan fingerprint density at radius 1 is 1.14 bits per heavy atom. The summed E-state index contributed by atoms with van der Waals surface area (Å²) in [7, 11) is 0. The summed E-state index contributed by atoms with van der Waals surface area (Å²) in [6.45, 7) is 1.83. The van der Waals surface area contributed by atoms with Gasteiger partial charge in [0.2, 0.25) is 0 Å². The van der Waals surface area contributed by atoms with Crippen molar-refractivity contribution >= 4 is 23.7 Å². The van der Waals surface area contributed by atoms with Crippen LogP contribution in [-0.4, -0.2) is 32.1 Å². The third-order valence-electron chi connectivity index (χ3n) is 4.30. The molecular formula is C21H17ClN6O. The summed E-state index contributed by atoms with van der Waals surface area (Å²) in [5, 5.41) is 15.8. The van der Waals surface area contributed by atoms with E-state index in [1.54, 1.807) is 10.7 Å². The molecule has 0 radical (unpaired) electrons. The molecule has 0 atom stereocenters. The van der Waals surface area contributed by atoms with Gasteiger partial charge in [-0.2, -0.15) is 15.3 Å². The Kier molecular flexibility index (Phi) is 5.22. The number of H-pyrrole nitrogens is 1. The zero-order chi connectivity index (χ0) is 20.2. The van der Waals surface area contributed by atoms with Gasteiger partial charge < -0.3 is 0 Å². The Morgan fingerprint density at radius 2 is 1.83 bits per heavy atom. The molecule has 0 saturated carbocycles. The van der Waals surface area contributed by atoms with Crippen molar-refractivity contribution in [3.05, 3.63) is 88.8 Å². The molecule has 144 valence electrons. The number of aromatic nitrogens is 4. The van der Waals surface area contributed by atoms with Crippen molar-refractivity contribution in [2.45, 2.75) is 6.92 Å². The van der Waals surface area contributed by atoms with Gasteiger partial charge in [-0.1, -0.05) is 60.1 Å². The summed E-state index contributed by atoms with van der Waals surface area (Å²) in [5.74, 6) is -0.403. The number of para-hydroxylation sites is 1. The van der Waals surface area contributed by atoms with E-state index in [4.69, 9.17) is 11.6 Å². The van der Waals surface area contributed by atoms with Crippen molar-refractivity contribution in [3.8, 4) is 16.9 Å². The molecule has 0 fully saturated rings. The molecule has 2 heterocycles. The number of hydrogen-bond acceptors (Lipinski definition) is 4. The highest BCUT2D eigenvalue weighted by Gasteiger charge is 2.14. The fourth-order valence-corrected chi connectivity index (χ4v) is 3.13. The topological polar surface area (TPSA) is 88.0 Å². The van der Waals surface area contributed by atoms with Gasteiger partial charge in [0, 0.05) is 5.56 Å². The lowest BCUT2D eigenvalue weighted by Gasteiger charge is -2.01. The normalized spacial score (nSPS) is 11.1. The zero-order valence-corrected chi connectivity index (χ0v) is 16.3. The van der Waals surface area contributed by atoms with Gasteiger partial charge in [0.05, 0.1) is 28.9 Å². The molecule has 0 aliphatic heterocycles. The summed E-state index contributed by atoms with van der Waals surface area (Å²) < 4.78 is 1.63. The number of hydrazone groups is 1. The molecule has 0 aliphatic rings. The van der Waals surface area contributed by atoms with E-state index >= 15 is 0 Å². The first kappa shape index (κ1) is 18.6. The largest absolute Gasteiger partial charge is 0.289 e. The van der Waals surface area contributed by atoms with E-state index < -0.39 is 5.91 Å². The lowest BCUT2D eigenvalue weighted by molar-refractivity contribution is 0.0950. The summed E-state index contributed by atoms with van der Waals surface area (Å²) in [6, 6.07) is 20.8. The van der Waals surface area contributed by atoms with Gasteiger partial charge in [-0.15, -0.1) is 0 Å². The van der Waals surface area contributed by atoms with E-state index in [0.29, 0.717) is 27.8 Å². The average Bonchev–Trinajstić information content (AvgIpc) is 3.36. The van der Waals surface area contributed by atoms with Gasteiger partial charge >= 0.3 is 0 Å². The fourth-order valence-electron chi connectivity index (χ4n) is 2.81. The SMILES string of the molecule is Cc1nn(-c2ccccc2)c(Cl)c1/C=N/NC(=O)c1cc(-c2ccccc2)n[nH]1. The van der Waals surface area contributed by atoms with E-state index in [1.165, 1.54) is 6.21 Å². The number of nitrogens with one attached hydrogen (secondary N) is 2. The Labute approximate surface area is 172 Å². The second-order valence-electron chi connectivity index (χ2n) is 6.27. The molecule has 2 aromatic carbocycles. The van der Waals surface area contributed by atoms with Crippen LogP contribution in [0.15, 0.2) is 71.8 Å². The number of rotatable bonds is 5. The van der Waals surface area contributed by atoms with E-state index in [-0.39, 0.29) is 0 Å². The summed E-state index contributed by atoms with van der Waals surface area (Å²) in [6.07, 6.45) is 1.48. The van der Waals surface area contributed by atoms with Crippen LogP contribution in [0.5, 0.6) is 0 Å².